The van der Waals surface area contributed by atoms with Crippen LogP contribution in [0.3, 0.4) is 0 Å². The summed E-state index contributed by atoms with van der Waals surface area (Å²) in [4.78, 5) is 12.6. The van der Waals surface area contributed by atoms with Crippen LogP contribution >= 0.6 is 0 Å². The number of hydrogen-bond acceptors (Lipinski definition) is 3. The van der Waals surface area contributed by atoms with E-state index in [0.717, 1.165) is 32.1 Å². The number of hydrogen-bond donors (Lipinski definition) is 1. The second-order valence-corrected chi connectivity index (χ2v) is 9.56. The quantitative estimate of drug-likeness (QED) is 0.826. The smallest absolute Gasteiger partial charge is 0.243 e. The number of carbonyl (C=O) groups is 1. The molecule has 26 heavy (non-hydrogen) atoms. The van der Waals surface area contributed by atoms with E-state index in [4.69, 9.17) is 0 Å². The Labute approximate surface area is 157 Å². The van der Waals surface area contributed by atoms with Crippen LogP contribution in [0.2, 0.25) is 0 Å². The lowest BCUT2D eigenvalue weighted by Gasteiger charge is -2.32. The number of benzene rings is 1. The molecule has 1 unspecified atom stereocenters. The Morgan fingerprint density at radius 3 is 2.50 bits per heavy atom. The normalized spacial score (nSPS) is 22.8. The minimum Gasteiger partial charge on any atom is -0.353 e. The van der Waals surface area contributed by atoms with Gasteiger partial charge in [-0.3, -0.25) is 4.79 Å². The second kappa shape index (κ2) is 9.00. The third kappa shape index (κ3) is 5.07. The van der Waals surface area contributed by atoms with Gasteiger partial charge in [-0.25, -0.2) is 8.42 Å². The van der Waals surface area contributed by atoms with Crippen LogP contribution in [0.1, 0.15) is 57.8 Å². The van der Waals surface area contributed by atoms with Gasteiger partial charge in [-0.2, -0.15) is 4.31 Å². The van der Waals surface area contributed by atoms with Gasteiger partial charge in [0.1, 0.15) is 0 Å². The van der Waals surface area contributed by atoms with E-state index in [1.165, 1.54) is 19.3 Å². The Morgan fingerprint density at radius 1 is 1.04 bits per heavy atom. The summed E-state index contributed by atoms with van der Waals surface area (Å²) < 4.78 is 27.2. The third-order valence-corrected chi connectivity index (χ3v) is 7.49. The topological polar surface area (TPSA) is 66.5 Å². The van der Waals surface area contributed by atoms with Gasteiger partial charge in [0.25, 0.3) is 0 Å². The highest BCUT2D eigenvalue weighted by molar-refractivity contribution is 7.89. The first-order valence-corrected chi connectivity index (χ1v) is 11.3. The molecule has 1 aromatic rings. The highest BCUT2D eigenvalue weighted by Gasteiger charge is 2.30. The molecule has 1 saturated heterocycles. The van der Waals surface area contributed by atoms with Gasteiger partial charge in [0.2, 0.25) is 15.9 Å². The number of nitrogens with one attached hydrogen (secondary N) is 1. The van der Waals surface area contributed by atoms with Crippen molar-refractivity contribution < 1.29 is 13.2 Å². The predicted molar refractivity (Wildman–Crippen MR) is 102 cm³/mol. The highest BCUT2D eigenvalue weighted by Crippen LogP contribution is 2.26. The van der Waals surface area contributed by atoms with E-state index in [-0.39, 0.29) is 11.8 Å². The van der Waals surface area contributed by atoms with Gasteiger partial charge in [-0.15, -0.1) is 0 Å². The number of carbonyl (C=O) groups excluding carboxylic acids is 1. The fourth-order valence-electron chi connectivity index (χ4n) is 4.10. The molecule has 1 heterocycles. The summed E-state index contributed by atoms with van der Waals surface area (Å²) in [5.41, 5.74) is 0. The summed E-state index contributed by atoms with van der Waals surface area (Å²) in [5, 5.41) is 3.15. The zero-order valence-corrected chi connectivity index (χ0v) is 16.2. The molecule has 3 rings (SSSR count). The van der Waals surface area contributed by atoms with Crippen LogP contribution in [0.5, 0.6) is 0 Å². The first kappa shape index (κ1) is 19.4. The standard InChI is InChI=1S/C20H30N2O3S/c23-20(21-18-9-3-1-4-10-18)14-13-17-8-7-15-22(16-17)26(24,25)19-11-5-2-6-12-19/h2,5-6,11-12,17-18H,1,3-4,7-10,13-16H2,(H,21,23). The summed E-state index contributed by atoms with van der Waals surface area (Å²) in [6.45, 7) is 1.09. The second-order valence-electron chi connectivity index (χ2n) is 7.63. The van der Waals surface area contributed by atoms with E-state index >= 15 is 0 Å². The van der Waals surface area contributed by atoms with E-state index in [1.807, 2.05) is 6.07 Å². The van der Waals surface area contributed by atoms with Crippen molar-refractivity contribution in [2.75, 3.05) is 13.1 Å². The van der Waals surface area contributed by atoms with Crippen molar-refractivity contribution in [1.82, 2.24) is 9.62 Å². The van der Waals surface area contributed by atoms with Gasteiger partial charge in [0.05, 0.1) is 4.90 Å². The van der Waals surface area contributed by atoms with Gasteiger partial charge >= 0.3 is 0 Å². The van der Waals surface area contributed by atoms with Gasteiger partial charge in [0, 0.05) is 25.6 Å². The zero-order valence-electron chi connectivity index (χ0n) is 15.4. The van der Waals surface area contributed by atoms with E-state index in [2.05, 4.69) is 5.32 Å². The van der Waals surface area contributed by atoms with Crippen molar-refractivity contribution in [2.45, 2.75) is 68.7 Å². The molecule has 0 spiro atoms. The molecule has 1 amide bonds. The summed E-state index contributed by atoms with van der Waals surface area (Å²) in [6.07, 6.45) is 9.01. The molecule has 0 radical (unpaired) electrons. The van der Waals surface area contributed by atoms with Crippen LogP contribution in [0.4, 0.5) is 0 Å². The van der Waals surface area contributed by atoms with Crippen molar-refractivity contribution in [3.8, 4) is 0 Å². The average molecular weight is 379 g/mol. The Hall–Kier alpha value is -1.40. The van der Waals surface area contributed by atoms with Crippen LogP contribution < -0.4 is 5.32 Å². The first-order valence-electron chi connectivity index (χ1n) is 9.90. The molecule has 0 bridgehead atoms. The minimum absolute atomic E-state index is 0.125. The Balaban J connectivity index is 1.50. The van der Waals surface area contributed by atoms with Crippen molar-refractivity contribution in [2.24, 2.45) is 5.92 Å². The monoisotopic (exact) mass is 378 g/mol. The molecule has 2 aliphatic rings. The summed E-state index contributed by atoms with van der Waals surface area (Å²) in [6, 6.07) is 8.97. The largest absolute Gasteiger partial charge is 0.353 e. The first-order chi connectivity index (χ1) is 12.6. The van der Waals surface area contributed by atoms with Crippen LogP contribution in [-0.2, 0) is 14.8 Å². The molecular formula is C20H30N2O3S. The molecule has 1 N–H and O–H groups in total. The lowest BCUT2D eigenvalue weighted by Crippen LogP contribution is -2.40. The zero-order chi connectivity index (χ0) is 18.4. The maximum atomic E-state index is 12.8. The fourth-order valence-corrected chi connectivity index (χ4v) is 5.68. The Morgan fingerprint density at radius 2 is 1.77 bits per heavy atom. The molecule has 5 nitrogen and oxygen atoms in total. The maximum Gasteiger partial charge on any atom is 0.243 e. The molecule has 144 valence electrons. The number of sulfonamides is 1. The molecule has 2 fully saturated rings. The maximum absolute atomic E-state index is 12.8. The molecule has 1 aliphatic carbocycles. The van der Waals surface area contributed by atoms with Crippen LogP contribution in [0, 0.1) is 5.92 Å². The number of piperidine rings is 1. The average Bonchev–Trinajstić information content (AvgIpc) is 2.68. The molecule has 1 saturated carbocycles. The SMILES string of the molecule is O=C(CCC1CCCN(S(=O)(=O)c2ccccc2)C1)NC1CCCCC1. The highest BCUT2D eigenvalue weighted by atomic mass is 32.2. The summed E-state index contributed by atoms with van der Waals surface area (Å²) >= 11 is 0. The van der Waals surface area contributed by atoms with Crippen molar-refractivity contribution in [3.63, 3.8) is 0 Å². The number of nitrogens with zero attached hydrogens (tertiary/aromatic N) is 1. The molecule has 1 aliphatic heterocycles. The number of rotatable bonds is 6. The molecule has 6 heteroatoms. The molecule has 0 aromatic heterocycles. The van der Waals surface area contributed by atoms with E-state index in [0.29, 0.717) is 30.4 Å². The van der Waals surface area contributed by atoms with Crippen molar-refractivity contribution >= 4 is 15.9 Å². The van der Waals surface area contributed by atoms with Crippen molar-refractivity contribution in [1.29, 1.82) is 0 Å². The van der Waals surface area contributed by atoms with Gasteiger partial charge in [-0.1, -0.05) is 37.5 Å². The van der Waals surface area contributed by atoms with Crippen LogP contribution in [0.15, 0.2) is 35.2 Å². The van der Waals surface area contributed by atoms with Crippen molar-refractivity contribution in [3.05, 3.63) is 30.3 Å². The lowest BCUT2D eigenvalue weighted by molar-refractivity contribution is -0.122. The van der Waals surface area contributed by atoms with E-state index in [1.54, 1.807) is 28.6 Å². The third-order valence-electron chi connectivity index (χ3n) is 5.61. The molecular weight excluding hydrogens is 348 g/mol. The summed E-state index contributed by atoms with van der Waals surface area (Å²) in [7, 11) is -3.42. The summed E-state index contributed by atoms with van der Waals surface area (Å²) in [5.74, 6) is 0.388. The Bertz CT molecular complexity index is 684. The van der Waals surface area contributed by atoms with Gasteiger partial charge in [0.15, 0.2) is 0 Å². The minimum atomic E-state index is -3.42. The van der Waals surface area contributed by atoms with E-state index < -0.39 is 10.0 Å². The molecule has 1 aromatic carbocycles. The predicted octanol–water partition coefficient (Wildman–Crippen LogP) is 3.32. The van der Waals surface area contributed by atoms with Crippen LogP contribution in [0.25, 0.3) is 0 Å². The Kier molecular flexibility index (Phi) is 6.70. The fraction of sp³-hybridized carbons (Fsp3) is 0.650. The lowest BCUT2D eigenvalue weighted by atomic mass is 9.93. The number of amides is 1. The van der Waals surface area contributed by atoms with E-state index in [9.17, 15) is 13.2 Å². The molecule has 1 atom stereocenters. The van der Waals surface area contributed by atoms with Gasteiger partial charge in [-0.05, 0) is 50.2 Å². The van der Waals surface area contributed by atoms with Gasteiger partial charge < -0.3 is 5.32 Å². The van der Waals surface area contributed by atoms with Crippen LogP contribution in [-0.4, -0.2) is 37.8 Å².